The molecule has 2 rings (SSSR count). The zero-order valence-electron chi connectivity index (χ0n) is 12.1. The second kappa shape index (κ2) is 5.78. The molecule has 1 aromatic rings. The maximum absolute atomic E-state index is 12.3. The lowest BCUT2D eigenvalue weighted by Crippen LogP contribution is -2.46. The molecule has 0 aliphatic heterocycles. The van der Waals surface area contributed by atoms with E-state index in [1.165, 1.54) is 0 Å². The van der Waals surface area contributed by atoms with E-state index in [9.17, 15) is 14.7 Å². The van der Waals surface area contributed by atoms with Crippen LogP contribution in [0.3, 0.4) is 0 Å². The number of ketones is 1. The second-order valence-corrected chi connectivity index (χ2v) is 6.22. The number of hydrogen-bond acceptors (Lipinski definition) is 3. The number of carbonyl (C=O) groups excluding carboxylic acids is 2. The van der Waals surface area contributed by atoms with Crippen LogP contribution >= 0.6 is 0 Å². The van der Waals surface area contributed by atoms with Gasteiger partial charge in [-0.25, -0.2) is 0 Å². The first-order chi connectivity index (χ1) is 9.44. The van der Waals surface area contributed by atoms with E-state index >= 15 is 0 Å². The molecule has 108 valence electrons. The van der Waals surface area contributed by atoms with Crippen molar-refractivity contribution in [2.24, 2.45) is 11.3 Å². The van der Waals surface area contributed by atoms with E-state index in [4.69, 9.17) is 0 Å². The van der Waals surface area contributed by atoms with Crippen molar-refractivity contribution in [1.82, 2.24) is 0 Å². The summed E-state index contributed by atoms with van der Waals surface area (Å²) < 4.78 is 0. The number of carboxylic acid groups (broad SMARTS) is 1. The molecule has 3 nitrogen and oxygen atoms in total. The van der Waals surface area contributed by atoms with Gasteiger partial charge in [-0.05, 0) is 18.4 Å². The molecule has 0 saturated heterocycles. The summed E-state index contributed by atoms with van der Waals surface area (Å²) in [6.07, 6.45) is 3.25. The molecule has 1 saturated carbocycles. The fraction of sp³-hybridized carbons (Fsp3) is 0.529. The van der Waals surface area contributed by atoms with E-state index in [0.29, 0.717) is 6.42 Å². The predicted octanol–water partition coefficient (Wildman–Crippen LogP) is 2.31. The van der Waals surface area contributed by atoms with Crippen LogP contribution in [0.25, 0.3) is 0 Å². The fourth-order valence-corrected chi connectivity index (χ4v) is 3.30. The number of aliphatic carboxylic acids is 1. The van der Waals surface area contributed by atoms with Crippen LogP contribution in [0.5, 0.6) is 0 Å². The highest BCUT2D eigenvalue weighted by molar-refractivity contribution is 5.84. The Morgan fingerprint density at radius 2 is 1.90 bits per heavy atom. The van der Waals surface area contributed by atoms with Crippen molar-refractivity contribution < 1.29 is 14.7 Å². The van der Waals surface area contributed by atoms with Gasteiger partial charge in [-0.15, -0.1) is 0 Å². The standard InChI is InChI=1S/C17H22O3/c1-17(2,16(19)20)15(12-8-4-3-5-9-12)13-10-6-7-11-14(13)18/h3-5,8-9,13,15H,6-7,10-11H2,1-2H3,(H,19,20)/p-1/t13-,15+/m1/s1. The number of rotatable bonds is 4. The van der Waals surface area contributed by atoms with Crippen molar-refractivity contribution in [3.8, 4) is 0 Å². The Morgan fingerprint density at radius 3 is 2.45 bits per heavy atom. The van der Waals surface area contributed by atoms with Crippen LogP contribution in [0.4, 0.5) is 0 Å². The minimum absolute atomic E-state index is 0.194. The summed E-state index contributed by atoms with van der Waals surface area (Å²) in [5, 5.41) is 11.6. The van der Waals surface area contributed by atoms with Crippen molar-refractivity contribution in [1.29, 1.82) is 0 Å². The second-order valence-electron chi connectivity index (χ2n) is 6.22. The molecule has 0 bridgehead atoms. The minimum Gasteiger partial charge on any atom is -0.550 e. The Balaban J connectivity index is 2.44. The molecule has 1 fully saturated rings. The molecule has 1 aliphatic rings. The Hall–Kier alpha value is -1.64. The van der Waals surface area contributed by atoms with Gasteiger partial charge in [0, 0.05) is 29.6 Å². The van der Waals surface area contributed by atoms with Gasteiger partial charge in [0.05, 0.1) is 0 Å². The number of carboxylic acids is 1. The van der Waals surface area contributed by atoms with Gasteiger partial charge in [0.25, 0.3) is 0 Å². The van der Waals surface area contributed by atoms with Gasteiger partial charge >= 0.3 is 0 Å². The predicted molar refractivity (Wildman–Crippen MR) is 74.9 cm³/mol. The van der Waals surface area contributed by atoms with Gasteiger partial charge < -0.3 is 9.90 Å². The van der Waals surface area contributed by atoms with E-state index in [1.54, 1.807) is 13.8 Å². The van der Waals surface area contributed by atoms with Crippen LogP contribution in [0, 0.1) is 11.3 Å². The Kier molecular flexibility index (Phi) is 4.26. The molecule has 0 radical (unpaired) electrons. The summed E-state index contributed by atoms with van der Waals surface area (Å²) in [5.41, 5.74) is -0.138. The molecule has 0 spiro atoms. The summed E-state index contributed by atoms with van der Waals surface area (Å²) in [6.45, 7) is 3.34. The lowest BCUT2D eigenvalue weighted by molar-refractivity contribution is -0.319. The van der Waals surface area contributed by atoms with Crippen LogP contribution < -0.4 is 5.11 Å². The molecule has 0 heterocycles. The highest BCUT2D eigenvalue weighted by Crippen LogP contribution is 2.45. The summed E-state index contributed by atoms with van der Waals surface area (Å²) in [5.74, 6) is -1.43. The molecular weight excluding hydrogens is 252 g/mol. The summed E-state index contributed by atoms with van der Waals surface area (Å²) in [7, 11) is 0. The molecule has 0 N–H and O–H groups in total. The fourth-order valence-electron chi connectivity index (χ4n) is 3.30. The van der Waals surface area contributed by atoms with Crippen LogP contribution in [0.2, 0.25) is 0 Å². The zero-order chi connectivity index (χ0) is 14.8. The van der Waals surface area contributed by atoms with Gasteiger partial charge in [0.1, 0.15) is 5.78 Å². The first-order valence-electron chi connectivity index (χ1n) is 7.23. The van der Waals surface area contributed by atoms with Crippen molar-refractivity contribution in [3.63, 3.8) is 0 Å². The first kappa shape index (κ1) is 14.8. The van der Waals surface area contributed by atoms with Crippen LogP contribution in [0.1, 0.15) is 51.0 Å². The highest BCUT2D eigenvalue weighted by Gasteiger charge is 2.41. The maximum Gasteiger partial charge on any atom is 0.136 e. The number of benzene rings is 1. The molecule has 2 atom stereocenters. The molecule has 20 heavy (non-hydrogen) atoms. The molecular formula is C17H21O3-. The third-order valence-electron chi connectivity index (χ3n) is 4.47. The van der Waals surface area contributed by atoms with E-state index in [1.807, 2.05) is 30.3 Å². The summed E-state index contributed by atoms with van der Waals surface area (Å²) in [4.78, 5) is 23.8. The van der Waals surface area contributed by atoms with Crippen LogP contribution in [0.15, 0.2) is 30.3 Å². The van der Waals surface area contributed by atoms with E-state index in [2.05, 4.69) is 0 Å². The minimum atomic E-state index is -1.09. The molecule has 0 amide bonds. The molecule has 3 heteroatoms. The zero-order valence-corrected chi connectivity index (χ0v) is 12.1. The van der Waals surface area contributed by atoms with E-state index in [-0.39, 0.29) is 17.6 Å². The first-order valence-corrected chi connectivity index (χ1v) is 7.23. The monoisotopic (exact) mass is 273 g/mol. The SMILES string of the molecule is CC(C)(C(=O)[O-])[C@@H](c1ccccc1)[C@@H]1CCCCC1=O. The van der Waals surface area contributed by atoms with Gasteiger partial charge in [-0.3, -0.25) is 4.79 Å². The van der Waals surface area contributed by atoms with E-state index < -0.39 is 11.4 Å². The van der Waals surface area contributed by atoms with Crippen molar-refractivity contribution in [3.05, 3.63) is 35.9 Å². The average Bonchev–Trinajstić information content (AvgIpc) is 2.42. The van der Waals surface area contributed by atoms with Gasteiger partial charge in [0.15, 0.2) is 0 Å². The van der Waals surface area contributed by atoms with Crippen molar-refractivity contribution in [2.75, 3.05) is 0 Å². The van der Waals surface area contributed by atoms with Crippen LogP contribution in [-0.4, -0.2) is 11.8 Å². The highest BCUT2D eigenvalue weighted by atomic mass is 16.4. The third kappa shape index (κ3) is 2.77. The lowest BCUT2D eigenvalue weighted by atomic mass is 9.64. The summed E-state index contributed by atoms with van der Waals surface area (Å²) in [6, 6.07) is 9.51. The number of hydrogen-bond donors (Lipinski definition) is 0. The smallest absolute Gasteiger partial charge is 0.136 e. The lowest BCUT2D eigenvalue weighted by Gasteiger charge is -2.41. The maximum atomic E-state index is 12.3. The van der Waals surface area contributed by atoms with Crippen LogP contribution in [-0.2, 0) is 9.59 Å². The molecule has 1 aromatic carbocycles. The Labute approximate surface area is 120 Å². The number of carbonyl (C=O) groups is 2. The third-order valence-corrected chi connectivity index (χ3v) is 4.47. The number of Topliss-reactive ketones (excluding diaryl/α,β-unsaturated/α-hetero) is 1. The normalized spacial score (nSPS) is 21.5. The average molecular weight is 273 g/mol. The van der Waals surface area contributed by atoms with Crippen molar-refractivity contribution >= 4 is 11.8 Å². The van der Waals surface area contributed by atoms with Gasteiger partial charge in [-0.2, -0.15) is 0 Å². The van der Waals surface area contributed by atoms with Gasteiger partial charge in [-0.1, -0.05) is 50.6 Å². The largest absolute Gasteiger partial charge is 0.550 e. The molecule has 0 aromatic heterocycles. The van der Waals surface area contributed by atoms with Gasteiger partial charge in [0.2, 0.25) is 0 Å². The Morgan fingerprint density at radius 1 is 1.25 bits per heavy atom. The topological polar surface area (TPSA) is 57.2 Å². The quantitative estimate of drug-likeness (QED) is 0.845. The molecule has 1 aliphatic carbocycles. The summed E-state index contributed by atoms with van der Waals surface area (Å²) >= 11 is 0. The van der Waals surface area contributed by atoms with E-state index in [0.717, 1.165) is 24.8 Å². The van der Waals surface area contributed by atoms with Crippen molar-refractivity contribution in [2.45, 2.75) is 45.4 Å². The Bertz CT molecular complexity index is 490. The molecule has 0 unspecified atom stereocenters.